The summed E-state index contributed by atoms with van der Waals surface area (Å²) >= 11 is 6.03. The molecule has 86 valence electrons. The Kier molecular flexibility index (Phi) is 2.35. The zero-order valence-corrected chi connectivity index (χ0v) is 10.3. The lowest BCUT2D eigenvalue weighted by Crippen LogP contribution is -2.39. The van der Waals surface area contributed by atoms with Crippen molar-refractivity contribution in [2.24, 2.45) is 22.7 Å². The van der Waals surface area contributed by atoms with E-state index in [1.807, 2.05) is 0 Å². The van der Waals surface area contributed by atoms with Gasteiger partial charge in [-0.3, -0.25) is 4.79 Å². The minimum atomic E-state index is -0.855. The number of carboxylic acids is 1. The van der Waals surface area contributed by atoms with Gasteiger partial charge in [-0.25, -0.2) is 0 Å². The fraction of sp³-hybridized carbons (Fsp3) is 0.917. The van der Waals surface area contributed by atoms with Crippen molar-refractivity contribution in [2.45, 2.75) is 45.4 Å². The van der Waals surface area contributed by atoms with Gasteiger partial charge in [0.25, 0.3) is 0 Å². The summed E-state index contributed by atoms with van der Waals surface area (Å²) in [6, 6.07) is 0. The summed E-state index contributed by atoms with van der Waals surface area (Å²) in [7, 11) is 0. The standard InChI is InChI=1S/C12H19ClO2/c1-11(2)7-4-5-12(11,3)8(6-7)9(13)10(14)15/h7-9H,4-6H2,1-3H3,(H,14,15)/t7-,8?,9?,12-/m1/s1. The first kappa shape index (κ1) is 11.3. The maximum Gasteiger partial charge on any atom is 0.321 e. The molecule has 0 saturated heterocycles. The highest BCUT2D eigenvalue weighted by atomic mass is 35.5. The van der Waals surface area contributed by atoms with Gasteiger partial charge in [0.15, 0.2) is 0 Å². The fourth-order valence-electron chi connectivity index (χ4n) is 3.88. The first-order valence-electron chi connectivity index (χ1n) is 5.67. The van der Waals surface area contributed by atoms with Crippen LogP contribution < -0.4 is 0 Å². The maximum absolute atomic E-state index is 11.0. The van der Waals surface area contributed by atoms with Gasteiger partial charge in [0.1, 0.15) is 5.38 Å². The van der Waals surface area contributed by atoms with E-state index < -0.39 is 11.3 Å². The van der Waals surface area contributed by atoms with Crippen molar-refractivity contribution < 1.29 is 9.90 Å². The number of rotatable bonds is 2. The zero-order valence-electron chi connectivity index (χ0n) is 9.59. The molecule has 0 heterocycles. The maximum atomic E-state index is 11.0. The third-order valence-electron chi connectivity index (χ3n) is 5.45. The van der Waals surface area contributed by atoms with Crippen molar-refractivity contribution >= 4 is 17.6 Å². The van der Waals surface area contributed by atoms with E-state index in [2.05, 4.69) is 20.8 Å². The number of carboxylic acid groups (broad SMARTS) is 1. The molecule has 0 spiro atoms. The molecule has 0 aromatic heterocycles. The molecule has 2 unspecified atom stereocenters. The van der Waals surface area contributed by atoms with Crippen molar-refractivity contribution in [3.63, 3.8) is 0 Å². The molecule has 2 fully saturated rings. The first-order chi connectivity index (χ1) is 6.80. The van der Waals surface area contributed by atoms with Gasteiger partial charge in [-0.05, 0) is 41.9 Å². The highest BCUT2D eigenvalue weighted by Gasteiger charge is 2.63. The summed E-state index contributed by atoms with van der Waals surface area (Å²) in [6.45, 7) is 6.77. The highest BCUT2D eigenvalue weighted by Crippen LogP contribution is 2.69. The molecule has 2 rings (SSSR count). The van der Waals surface area contributed by atoms with Crippen LogP contribution in [0.5, 0.6) is 0 Å². The van der Waals surface area contributed by atoms with Crippen LogP contribution in [-0.2, 0) is 4.79 Å². The Hall–Kier alpha value is -0.240. The Bertz CT molecular complexity index is 300. The van der Waals surface area contributed by atoms with Gasteiger partial charge in [-0.15, -0.1) is 11.6 Å². The molecular weight excluding hydrogens is 212 g/mol. The van der Waals surface area contributed by atoms with Crippen molar-refractivity contribution in [1.82, 2.24) is 0 Å². The van der Waals surface area contributed by atoms with E-state index >= 15 is 0 Å². The quantitative estimate of drug-likeness (QED) is 0.740. The van der Waals surface area contributed by atoms with Crippen LogP contribution in [0, 0.1) is 22.7 Å². The van der Waals surface area contributed by atoms with E-state index in [-0.39, 0.29) is 16.7 Å². The normalized spacial score (nSPS) is 44.3. The van der Waals surface area contributed by atoms with Crippen LogP contribution in [0.3, 0.4) is 0 Å². The number of halogens is 1. The molecule has 2 saturated carbocycles. The molecular formula is C12H19ClO2. The van der Waals surface area contributed by atoms with Crippen LogP contribution in [0.15, 0.2) is 0 Å². The Morgan fingerprint density at radius 2 is 2.07 bits per heavy atom. The average molecular weight is 231 g/mol. The van der Waals surface area contributed by atoms with Gasteiger partial charge >= 0.3 is 5.97 Å². The largest absolute Gasteiger partial charge is 0.480 e. The molecule has 0 aromatic rings. The summed E-state index contributed by atoms with van der Waals surface area (Å²) in [6.07, 6.45) is 3.36. The minimum Gasteiger partial charge on any atom is -0.480 e. The lowest BCUT2D eigenvalue weighted by Gasteiger charge is -2.40. The van der Waals surface area contributed by atoms with E-state index in [1.54, 1.807) is 0 Å². The van der Waals surface area contributed by atoms with Crippen LogP contribution in [-0.4, -0.2) is 16.5 Å². The lowest BCUT2D eigenvalue weighted by atomic mass is 9.66. The number of hydrogen-bond acceptors (Lipinski definition) is 1. The van der Waals surface area contributed by atoms with Crippen molar-refractivity contribution in [3.8, 4) is 0 Å². The molecule has 0 aliphatic heterocycles. The molecule has 2 nitrogen and oxygen atoms in total. The van der Waals surface area contributed by atoms with E-state index in [4.69, 9.17) is 16.7 Å². The molecule has 4 atom stereocenters. The summed E-state index contributed by atoms with van der Waals surface area (Å²) in [5.74, 6) is -0.0511. The molecule has 0 radical (unpaired) electrons. The fourth-order valence-corrected chi connectivity index (χ4v) is 4.26. The molecule has 3 heteroatoms. The second-order valence-electron chi connectivity index (χ2n) is 5.96. The predicted molar refractivity (Wildman–Crippen MR) is 60.0 cm³/mol. The SMILES string of the molecule is CC1(C)[C@@H]2CC[C@]1(C)C(C(Cl)C(=O)O)C2. The van der Waals surface area contributed by atoms with Gasteiger partial charge in [-0.2, -0.15) is 0 Å². The summed E-state index contributed by atoms with van der Waals surface area (Å²) < 4.78 is 0. The topological polar surface area (TPSA) is 37.3 Å². The number of fused-ring (bicyclic) bond motifs is 2. The van der Waals surface area contributed by atoms with Crippen LogP contribution >= 0.6 is 11.6 Å². The van der Waals surface area contributed by atoms with E-state index in [1.165, 1.54) is 6.42 Å². The van der Waals surface area contributed by atoms with Crippen LogP contribution in [0.2, 0.25) is 0 Å². The van der Waals surface area contributed by atoms with Gasteiger partial charge in [-0.1, -0.05) is 20.8 Å². The minimum absolute atomic E-state index is 0.114. The lowest BCUT2D eigenvalue weighted by molar-refractivity contribution is -0.138. The number of carbonyl (C=O) groups is 1. The van der Waals surface area contributed by atoms with Crippen molar-refractivity contribution in [2.75, 3.05) is 0 Å². The average Bonchev–Trinajstić information content (AvgIpc) is 2.47. The van der Waals surface area contributed by atoms with Gasteiger partial charge in [0, 0.05) is 0 Å². The Balaban J connectivity index is 2.30. The number of alkyl halides is 1. The smallest absolute Gasteiger partial charge is 0.321 e. The van der Waals surface area contributed by atoms with Crippen molar-refractivity contribution in [3.05, 3.63) is 0 Å². The third-order valence-corrected chi connectivity index (χ3v) is 5.94. The van der Waals surface area contributed by atoms with Crippen molar-refractivity contribution in [1.29, 1.82) is 0 Å². The predicted octanol–water partition coefficient (Wildman–Crippen LogP) is 3.14. The first-order valence-corrected chi connectivity index (χ1v) is 6.11. The second kappa shape index (κ2) is 3.13. The van der Waals surface area contributed by atoms with E-state index in [9.17, 15) is 4.79 Å². The summed E-state index contributed by atoms with van der Waals surface area (Å²) in [4.78, 5) is 11.0. The number of aliphatic carboxylic acids is 1. The van der Waals surface area contributed by atoms with E-state index in [0.717, 1.165) is 12.8 Å². The van der Waals surface area contributed by atoms with Gasteiger partial charge < -0.3 is 5.11 Å². The van der Waals surface area contributed by atoms with Crippen LogP contribution in [0.4, 0.5) is 0 Å². The van der Waals surface area contributed by atoms with Gasteiger partial charge in [0.05, 0.1) is 0 Å². The Morgan fingerprint density at radius 1 is 1.47 bits per heavy atom. The monoisotopic (exact) mass is 230 g/mol. The molecule has 0 amide bonds. The van der Waals surface area contributed by atoms with Crippen LogP contribution in [0.25, 0.3) is 0 Å². The molecule has 1 N–H and O–H groups in total. The van der Waals surface area contributed by atoms with E-state index in [0.29, 0.717) is 5.92 Å². The zero-order chi connectivity index (χ0) is 11.4. The Labute approximate surface area is 96.0 Å². The molecule has 15 heavy (non-hydrogen) atoms. The van der Waals surface area contributed by atoms with Crippen LogP contribution in [0.1, 0.15) is 40.0 Å². The summed E-state index contributed by atoms with van der Waals surface area (Å²) in [5.41, 5.74) is 0.364. The molecule has 2 bridgehead atoms. The molecule has 2 aliphatic carbocycles. The number of hydrogen-bond donors (Lipinski definition) is 1. The second-order valence-corrected chi connectivity index (χ2v) is 6.43. The third kappa shape index (κ3) is 1.27. The Morgan fingerprint density at radius 3 is 2.40 bits per heavy atom. The highest BCUT2D eigenvalue weighted by molar-refractivity contribution is 6.29. The van der Waals surface area contributed by atoms with Gasteiger partial charge in [0.2, 0.25) is 0 Å². The molecule has 0 aromatic carbocycles. The summed E-state index contributed by atoms with van der Waals surface area (Å²) in [5, 5.41) is 8.31. The molecule has 2 aliphatic rings.